The van der Waals surface area contributed by atoms with Crippen LogP contribution in [0.15, 0.2) is 0 Å². The number of quaternary nitrogens is 1. The summed E-state index contributed by atoms with van der Waals surface area (Å²) < 4.78 is 5.49. The van der Waals surface area contributed by atoms with Crippen LogP contribution < -0.4 is 5.11 Å². The van der Waals surface area contributed by atoms with Crippen molar-refractivity contribution < 1.29 is 23.9 Å². The minimum absolute atomic E-state index is 0.0632. The number of hydrogen-bond donors (Lipinski definition) is 0. The van der Waals surface area contributed by atoms with Gasteiger partial charge in [-0.05, 0) is 0 Å². The molecule has 88 valence electrons. The van der Waals surface area contributed by atoms with Crippen LogP contribution in [0.2, 0.25) is 0 Å². The van der Waals surface area contributed by atoms with Gasteiger partial charge in [0.05, 0.1) is 21.1 Å². The molecule has 0 bridgehead atoms. The number of carboxylic acid groups (broad SMARTS) is 1. The number of carboxylic acids is 1. The third-order valence-electron chi connectivity index (χ3n) is 1.55. The van der Waals surface area contributed by atoms with E-state index in [2.05, 4.69) is 15.9 Å². The van der Waals surface area contributed by atoms with Crippen LogP contribution in [0.1, 0.15) is 6.42 Å². The number of rotatable bonds is 6. The van der Waals surface area contributed by atoms with Crippen molar-refractivity contribution in [2.75, 3.05) is 33.0 Å². The average molecular weight is 282 g/mol. The van der Waals surface area contributed by atoms with Gasteiger partial charge in [-0.3, -0.25) is 4.79 Å². The fourth-order valence-corrected chi connectivity index (χ4v) is 1.29. The van der Waals surface area contributed by atoms with Gasteiger partial charge in [-0.2, -0.15) is 0 Å². The number of ether oxygens (including phenoxy) is 1. The molecule has 0 aliphatic heterocycles. The maximum absolute atomic E-state index is 11.0. The van der Waals surface area contributed by atoms with E-state index in [1.807, 2.05) is 21.1 Å². The minimum atomic E-state index is -1.21. The Kier molecular flexibility index (Phi) is 5.82. The van der Waals surface area contributed by atoms with Gasteiger partial charge in [-0.25, -0.2) is 0 Å². The third-order valence-corrected chi connectivity index (χ3v) is 2.01. The molecule has 0 aromatic carbocycles. The number of halogens is 1. The molecule has 0 aromatic rings. The summed E-state index contributed by atoms with van der Waals surface area (Å²) in [5, 5.41) is 10.5. The van der Waals surface area contributed by atoms with Crippen molar-refractivity contribution in [2.24, 2.45) is 0 Å². The minimum Gasteiger partial charge on any atom is -0.550 e. The van der Waals surface area contributed by atoms with Crippen molar-refractivity contribution in [3.05, 3.63) is 0 Å². The Hall–Kier alpha value is -0.620. The summed E-state index contributed by atoms with van der Waals surface area (Å²) in [4.78, 5) is 21.4. The summed E-state index contributed by atoms with van der Waals surface area (Å²) in [6.45, 7) is 0.437. The van der Waals surface area contributed by atoms with E-state index in [4.69, 9.17) is 4.74 Å². The van der Waals surface area contributed by atoms with Gasteiger partial charge in [0.2, 0.25) is 0 Å². The van der Waals surface area contributed by atoms with Crippen LogP contribution in [0.3, 0.4) is 0 Å². The number of aliphatic carboxylic acids is 1. The van der Waals surface area contributed by atoms with E-state index < -0.39 is 18.0 Å². The summed E-state index contributed by atoms with van der Waals surface area (Å²) in [6.07, 6.45) is -0.908. The predicted molar refractivity (Wildman–Crippen MR) is 56.2 cm³/mol. The summed E-state index contributed by atoms with van der Waals surface area (Å²) in [7, 11) is 5.68. The lowest BCUT2D eigenvalue weighted by atomic mass is 10.2. The van der Waals surface area contributed by atoms with Gasteiger partial charge in [0.1, 0.15) is 11.9 Å². The molecule has 0 heterocycles. The highest BCUT2D eigenvalue weighted by atomic mass is 79.9. The SMILES string of the molecule is C[N+](C)(C)CC(CC(=O)[O-])OC(=O)CBr. The molecule has 6 heteroatoms. The molecule has 0 spiro atoms. The predicted octanol–water partition coefficient (Wildman–Crippen LogP) is -0.861. The molecule has 0 fully saturated rings. The fourth-order valence-electron chi connectivity index (χ4n) is 1.16. The highest BCUT2D eigenvalue weighted by molar-refractivity contribution is 9.09. The molecule has 0 aliphatic rings. The zero-order valence-corrected chi connectivity index (χ0v) is 10.7. The summed E-state index contributed by atoms with van der Waals surface area (Å²) in [5.41, 5.74) is 0. The average Bonchev–Trinajstić information content (AvgIpc) is 1.99. The van der Waals surface area contributed by atoms with Crippen molar-refractivity contribution in [1.82, 2.24) is 0 Å². The van der Waals surface area contributed by atoms with E-state index >= 15 is 0 Å². The Balaban J connectivity index is 4.31. The number of esters is 1. The topological polar surface area (TPSA) is 66.4 Å². The van der Waals surface area contributed by atoms with Crippen molar-refractivity contribution in [1.29, 1.82) is 0 Å². The van der Waals surface area contributed by atoms with E-state index in [0.29, 0.717) is 11.0 Å². The maximum atomic E-state index is 11.0. The summed E-state index contributed by atoms with van der Waals surface area (Å²) in [6, 6.07) is 0. The van der Waals surface area contributed by atoms with Crippen LogP contribution in [0.25, 0.3) is 0 Å². The lowest BCUT2D eigenvalue weighted by Gasteiger charge is -2.29. The van der Waals surface area contributed by atoms with Crippen LogP contribution in [0.4, 0.5) is 0 Å². The number of alkyl halides is 1. The molecule has 1 atom stereocenters. The van der Waals surface area contributed by atoms with Gasteiger partial charge >= 0.3 is 5.97 Å². The molecule has 0 radical (unpaired) electrons. The smallest absolute Gasteiger partial charge is 0.317 e. The molecule has 0 saturated heterocycles. The summed E-state index contributed by atoms with van der Waals surface area (Å²) in [5.74, 6) is -1.68. The van der Waals surface area contributed by atoms with E-state index in [-0.39, 0.29) is 11.8 Å². The molecule has 0 rings (SSSR count). The largest absolute Gasteiger partial charge is 0.550 e. The lowest BCUT2D eigenvalue weighted by molar-refractivity contribution is -0.873. The highest BCUT2D eigenvalue weighted by Crippen LogP contribution is 2.05. The number of nitrogens with zero attached hydrogens (tertiary/aromatic N) is 1. The standard InChI is InChI=1S/C9H16BrNO4/c1-11(2,3)6-7(4-8(12)13)15-9(14)5-10/h7H,4-6H2,1-3H3. The number of carbonyl (C=O) groups is 2. The molecule has 0 aromatic heterocycles. The second-order valence-corrected chi connectivity index (χ2v) is 4.86. The normalized spacial score (nSPS) is 13.3. The second kappa shape index (κ2) is 6.07. The zero-order chi connectivity index (χ0) is 12.1. The zero-order valence-electron chi connectivity index (χ0n) is 9.16. The molecule has 5 nitrogen and oxygen atoms in total. The monoisotopic (exact) mass is 281 g/mol. The first kappa shape index (κ1) is 14.4. The molecular weight excluding hydrogens is 266 g/mol. The maximum Gasteiger partial charge on any atom is 0.317 e. The molecule has 1 unspecified atom stereocenters. The number of carbonyl (C=O) groups excluding carboxylic acids is 2. The van der Waals surface area contributed by atoms with E-state index in [1.165, 1.54) is 0 Å². The first-order valence-electron chi connectivity index (χ1n) is 4.50. The van der Waals surface area contributed by atoms with Crippen LogP contribution in [-0.4, -0.2) is 55.5 Å². The molecule has 0 N–H and O–H groups in total. The first-order chi connectivity index (χ1) is 6.74. The Bertz CT molecular complexity index is 237. The van der Waals surface area contributed by atoms with Gasteiger partial charge in [0.25, 0.3) is 0 Å². The third kappa shape index (κ3) is 8.38. The molecule has 15 heavy (non-hydrogen) atoms. The fraction of sp³-hybridized carbons (Fsp3) is 0.778. The van der Waals surface area contributed by atoms with Gasteiger partial charge in [0.15, 0.2) is 6.10 Å². The summed E-state index contributed by atoms with van der Waals surface area (Å²) >= 11 is 2.95. The van der Waals surface area contributed by atoms with Crippen LogP contribution in [0.5, 0.6) is 0 Å². The van der Waals surface area contributed by atoms with Crippen molar-refractivity contribution in [3.8, 4) is 0 Å². The van der Waals surface area contributed by atoms with Gasteiger partial charge in [0, 0.05) is 12.4 Å². The Morgan fingerprint density at radius 3 is 2.27 bits per heavy atom. The van der Waals surface area contributed by atoms with E-state index in [9.17, 15) is 14.7 Å². The Labute approximate surface area is 97.7 Å². The van der Waals surface area contributed by atoms with Crippen molar-refractivity contribution in [2.45, 2.75) is 12.5 Å². The van der Waals surface area contributed by atoms with E-state index in [1.54, 1.807) is 0 Å². The Morgan fingerprint density at radius 1 is 1.40 bits per heavy atom. The molecule has 0 aliphatic carbocycles. The highest BCUT2D eigenvalue weighted by Gasteiger charge is 2.21. The first-order valence-corrected chi connectivity index (χ1v) is 5.62. The second-order valence-electron chi connectivity index (χ2n) is 4.29. The van der Waals surface area contributed by atoms with Crippen molar-refractivity contribution >= 4 is 27.9 Å². The van der Waals surface area contributed by atoms with Crippen LogP contribution in [0, 0.1) is 0 Å². The van der Waals surface area contributed by atoms with Crippen LogP contribution in [-0.2, 0) is 14.3 Å². The van der Waals surface area contributed by atoms with Crippen LogP contribution >= 0.6 is 15.9 Å². The molecule has 0 saturated carbocycles. The van der Waals surface area contributed by atoms with Gasteiger partial charge < -0.3 is 19.1 Å². The van der Waals surface area contributed by atoms with Crippen molar-refractivity contribution in [3.63, 3.8) is 0 Å². The number of hydrogen-bond acceptors (Lipinski definition) is 4. The molecular formula is C9H16BrNO4. The quantitative estimate of drug-likeness (QED) is 0.361. The lowest BCUT2D eigenvalue weighted by Crippen LogP contribution is -2.45. The van der Waals surface area contributed by atoms with E-state index in [0.717, 1.165) is 0 Å². The van der Waals surface area contributed by atoms with Gasteiger partial charge in [-0.15, -0.1) is 0 Å². The van der Waals surface area contributed by atoms with Gasteiger partial charge in [-0.1, -0.05) is 15.9 Å². The molecule has 0 amide bonds. The Morgan fingerprint density at radius 2 is 1.93 bits per heavy atom. The number of likely N-dealkylation sites (N-methyl/N-ethyl adjacent to an activating group) is 1.